The summed E-state index contributed by atoms with van der Waals surface area (Å²) < 4.78 is 0. The van der Waals surface area contributed by atoms with Gasteiger partial charge in [0.25, 0.3) is 5.91 Å². The van der Waals surface area contributed by atoms with Crippen LogP contribution in [0.3, 0.4) is 0 Å². The van der Waals surface area contributed by atoms with Crippen molar-refractivity contribution in [2.45, 2.75) is 37.8 Å². The van der Waals surface area contributed by atoms with E-state index in [-0.39, 0.29) is 18.1 Å². The first-order valence-electron chi connectivity index (χ1n) is 6.86. The van der Waals surface area contributed by atoms with Gasteiger partial charge >= 0.3 is 0 Å². The van der Waals surface area contributed by atoms with Gasteiger partial charge in [-0.1, -0.05) is 25.0 Å². The lowest BCUT2D eigenvalue weighted by Crippen LogP contribution is -2.45. The van der Waals surface area contributed by atoms with Crippen molar-refractivity contribution in [3.05, 3.63) is 35.4 Å². The molecule has 0 atom stereocenters. The third-order valence-electron chi connectivity index (χ3n) is 3.97. The Bertz CT molecular complexity index is 422. The fraction of sp³-hybridized carbons (Fsp3) is 0.533. The zero-order chi connectivity index (χ0) is 13.7. The highest BCUT2D eigenvalue weighted by atomic mass is 16.3. The predicted octanol–water partition coefficient (Wildman–Crippen LogP) is 1.44. The third-order valence-corrected chi connectivity index (χ3v) is 3.97. The number of carbonyl (C=O) groups excluding carboxylic acids is 1. The fourth-order valence-electron chi connectivity index (χ4n) is 2.65. The Kier molecular flexibility index (Phi) is 4.56. The van der Waals surface area contributed by atoms with E-state index >= 15 is 0 Å². The molecular weight excluding hydrogens is 240 g/mol. The molecule has 0 saturated heterocycles. The summed E-state index contributed by atoms with van der Waals surface area (Å²) in [4.78, 5) is 11.4. The van der Waals surface area contributed by atoms with Gasteiger partial charge in [0, 0.05) is 24.7 Å². The molecule has 1 fully saturated rings. The minimum atomic E-state index is -0.0978. The van der Waals surface area contributed by atoms with E-state index < -0.39 is 0 Å². The first-order valence-corrected chi connectivity index (χ1v) is 6.86. The Balaban J connectivity index is 1.94. The van der Waals surface area contributed by atoms with E-state index in [1.54, 1.807) is 7.05 Å². The highest BCUT2D eigenvalue weighted by molar-refractivity contribution is 5.93. The minimum Gasteiger partial charge on any atom is -0.394 e. The van der Waals surface area contributed by atoms with Crippen molar-refractivity contribution in [3.8, 4) is 0 Å². The molecule has 1 aromatic carbocycles. The van der Waals surface area contributed by atoms with Crippen molar-refractivity contribution in [2.24, 2.45) is 0 Å². The molecular formula is C15H22N2O2. The van der Waals surface area contributed by atoms with E-state index in [0.717, 1.165) is 24.9 Å². The Hall–Kier alpha value is -1.39. The zero-order valence-corrected chi connectivity index (χ0v) is 11.4. The Morgan fingerprint density at radius 2 is 1.89 bits per heavy atom. The molecule has 1 aromatic rings. The molecule has 4 heteroatoms. The van der Waals surface area contributed by atoms with Crippen LogP contribution >= 0.6 is 0 Å². The largest absolute Gasteiger partial charge is 0.394 e. The topological polar surface area (TPSA) is 61.4 Å². The average molecular weight is 262 g/mol. The van der Waals surface area contributed by atoms with Crippen molar-refractivity contribution >= 4 is 5.91 Å². The molecule has 1 amide bonds. The van der Waals surface area contributed by atoms with Gasteiger partial charge in [0.05, 0.1) is 6.61 Å². The lowest BCUT2D eigenvalue weighted by Gasteiger charge is -2.28. The quantitative estimate of drug-likeness (QED) is 0.752. The first kappa shape index (κ1) is 14.0. The van der Waals surface area contributed by atoms with Crippen molar-refractivity contribution in [1.29, 1.82) is 0 Å². The van der Waals surface area contributed by atoms with Crippen LogP contribution in [0.15, 0.2) is 24.3 Å². The summed E-state index contributed by atoms with van der Waals surface area (Å²) in [5, 5.41) is 15.6. The summed E-state index contributed by atoms with van der Waals surface area (Å²) in [7, 11) is 1.63. The van der Waals surface area contributed by atoms with Crippen LogP contribution in [0.25, 0.3) is 0 Å². The van der Waals surface area contributed by atoms with Crippen molar-refractivity contribution in [3.63, 3.8) is 0 Å². The van der Waals surface area contributed by atoms with Crippen molar-refractivity contribution < 1.29 is 9.90 Å². The van der Waals surface area contributed by atoms with Gasteiger partial charge in [-0.3, -0.25) is 4.79 Å². The molecule has 0 aliphatic heterocycles. The monoisotopic (exact) mass is 262 g/mol. The van der Waals surface area contributed by atoms with Crippen LogP contribution < -0.4 is 10.6 Å². The van der Waals surface area contributed by atoms with Gasteiger partial charge in [-0.15, -0.1) is 0 Å². The summed E-state index contributed by atoms with van der Waals surface area (Å²) in [6.45, 7) is 0.928. The van der Waals surface area contributed by atoms with Crippen LogP contribution in [0.1, 0.15) is 41.6 Å². The fourth-order valence-corrected chi connectivity index (χ4v) is 2.65. The molecule has 4 nitrogen and oxygen atoms in total. The molecule has 0 spiro atoms. The molecule has 0 radical (unpaired) electrons. The molecule has 0 bridgehead atoms. The first-order chi connectivity index (χ1) is 9.19. The van der Waals surface area contributed by atoms with Crippen LogP contribution in [0.2, 0.25) is 0 Å². The number of aliphatic hydroxyl groups excluding tert-OH is 1. The Morgan fingerprint density at radius 3 is 2.42 bits per heavy atom. The summed E-state index contributed by atoms with van der Waals surface area (Å²) in [5.41, 5.74) is 1.70. The summed E-state index contributed by atoms with van der Waals surface area (Å²) in [6.07, 6.45) is 4.45. The second-order valence-electron chi connectivity index (χ2n) is 5.28. The molecule has 3 N–H and O–H groups in total. The molecule has 1 aliphatic carbocycles. The molecule has 0 aromatic heterocycles. The number of nitrogens with one attached hydrogen (secondary N) is 2. The van der Waals surface area contributed by atoms with Gasteiger partial charge in [-0.05, 0) is 30.5 Å². The van der Waals surface area contributed by atoms with Crippen molar-refractivity contribution in [1.82, 2.24) is 10.6 Å². The minimum absolute atomic E-state index is 0.0675. The number of amides is 1. The maximum atomic E-state index is 11.4. The maximum Gasteiger partial charge on any atom is 0.251 e. The number of aliphatic hydroxyl groups is 1. The van der Waals surface area contributed by atoms with Gasteiger partial charge in [0.1, 0.15) is 0 Å². The maximum absolute atomic E-state index is 11.4. The third kappa shape index (κ3) is 3.33. The smallest absolute Gasteiger partial charge is 0.251 e. The second kappa shape index (κ2) is 6.17. The van der Waals surface area contributed by atoms with Crippen LogP contribution in [-0.2, 0) is 6.54 Å². The zero-order valence-electron chi connectivity index (χ0n) is 11.4. The Labute approximate surface area is 114 Å². The van der Waals surface area contributed by atoms with Crippen LogP contribution in [0.4, 0.5) is 0 Å². The van der Waals surface area contributed by atoms with E-state index in [1.807, 2.05) is 24.3 Å². The predicted molar refractivity (Wildman–Crippen MR) is 75.0 cm³/mol. The second-order valence-corrected chi connectivity index (χ2v) is 5.28. The number of hydrogen-bond acceptors (Lipinski definition) is 3. The molecule has 1 aliphatic rings. The van der Waals surface area contributed by atoms with Gasteiger partial charge in [-0.25, -0.2) is 0 Å². The van der Waals surface area contributed by atoms with E-state index in [4.69, 9.17) is 0 Å². The van der Waals surface area contributed by atoms with Gasteiger partial charge < -0.3 is 15.7 Å². The Morgan fingerprint density at radius 1 is 1.26 bits per heavy atom. The standard InChI is InChI=1S/C15H22N2O2/c1-16-14(19)13-6-4-12(5-7-13)10-17-15(11-18)8-2-3-9-15/h4-7,17-18H,2-3,8-11H2,1H3,(H,16,19). The lowest BCUT2D eigenvalue weighted by molar-refractivity contribution is 0.0963. The lowest BCUT2D eigenvalue weighted by atomic mass is 9.98. The summed E-state index contributed by atoms with van der Waals surface area (Å²) in [6, 6.07) is 7.57. The molecule has 19 heavy (non-hydrogen) atoms. The summed E-state index contributed by atoms with van der Waals surface area (Å²) in [5.74, 6) is -0.0675. The van der Waals surface area contributed by atoms with E-state index in [2.05, 4.69) is 10.6 Å². The average Bonchev–Trinajstić information content (AvgIpc) is 2.94. The number of benzene rings is 1. The van der Waals surface area contributed by atoms with E-state index in [9.17, 15) is 9.90 Å². The van der Waals surface area contributed by atoms with Crippen LogP contribution in [0.5, 0.6) is 0 Å². The van der Waals surface area contributed by atoms with Gasteiger partial charge in [0.15, 0.2) is 0 Å². The van der Waals surface area contributed by atoms with Gasteiger partial charge in [0.2, 0.25) is 0 Å². The molecule has 0 unspecified atom stereocenters. The number of rotatable bonds is 5. The molecule has 104 valence electrons. The highest BCUT2D eigenvalue weighted by Gasteiger charge is 2.32. The molecule has 1 saturated carbocycles. The van der Waals surface area contributed by atoms with Crippen LogP contribution in [-0.4, -0.2) is 30.2 Å². The SMILES string of the molecule is CNC(=O)c1ccc(CNC2(CO)CCCC2)cc1. The number of hydrogen-bond donors (Lipinski definition) is 3. The number of carbonyl (C=O) groups is 1. The van der Waals surface area contributed by atoms with Gasteiger partial charge in [-0.2, -0.15) is 0 Å². The van der Waals surface area contributed by atoms with Crippen molar-refractivity contribution in [2.75, 3.05) is 13.7 Å². The normalized spacial score (nSPS) is 17.4. The summed E-state index contributed by atoms with van der Waals surface area (Å²) >= 11 is 0. The molecule has 2 rings (SSSR count). The van der Waals surface area contributed by atoms with E-state index in [1.165, 1.54) is 12.8 Å². The highest BCUT2D eigenvalue weighted by Crippen LogP contribution is 2.29. The molecule has 0 heterocycles. The van der Waals surface area contributed by atoms with E-state index in [0.29, 0.717) is 5.56 Å². The van der Waals surface area contributed by atoms with Crippen LogP contribution in [0, 0.1) is 0 Å².